The van der Waals surface area contributed by atoms with Gasteiger partial charge in [-0.05, 0) is 63.0 Å². The van der Waals surface area contributed by atoms with Crippen molar-refractivity contribution in [1.82, 2.24) is 9.88 Å². The standard InChI is InChI=1S/C15H17NO2S.C4H9N/c1-10-7-13(11(2)16(10)9-15(17)18)8-12-5-3-4-6-14(12)19;1-2-4-5-3-1/h3-7,19H,8-9H2,1-2H3,(H,17,18);5H,1-4H2. The van der Waals surface area contributed by atoms with Gasteiger partial charge in [0.2, 0.25) is 0 Å². The van der Waals surface area contributed by atoms with Gasteiger partial charge in [-0.15, -0.1) is 12.6 Å². The molecule has 0 saturated carbocycles. The maximum absolute atomic E-state index is 10.9. The number of carbonyl (C=O) groups is 1. The zero-order valence-corrected chi connectivity index (χ0v) is 15.3. The van der Waals surface area contributed by atoms with Crippen molar-refractivity contribution in [3.63, 3.8) is 0 Å². The summed E-state index contributed by atoms with van der Waals surface area (Å²) < 4.78 is 1.83. The van der Waals surface area contributed by atoms with Gasteiger partial charge in [0.05, 0.1) is 0 Å². The van der Waals surface area contributed by atoms with E-state index in [9.17, 15) is 4.79 Å². The van der Waals surface area contributed by atoms with Crippen molar-refractivity contribution in [3.05, 3.63) is 52.8 Å². The Morgan fingerprint density at radius 2 is 1.88 bits per heavy atom. The molecule has 130 valence electrons. The molecule has 1 aromatic heterocycles. The summed E-state index contributed by atoms with van der Waals surface area (Å²) in [4.78, 5) is 11.8. The number of hydrogen-bond donors (Lipinski definition) is 3. The van der Waals surface area contributed by atoms with Crippen LogP contribution in [0, 0.1) is 13.8 Å². The first-order valence-electron chi connectivity index (χ1n) is 8.34. The van der Waals surface area contributed by atoms with Gasteiger partial charge < -0.3 is 15.0 Å². The lowest BCUT2D eigenvalue weighted by Gasteiger charge is -2.07. The fraction of sp³-hybridized carbons (Fsp3) is 0.421. The molecule has 24 heavy (non-hydrogen) atoms. The number of aliphatic carboxylic acids is 1. The van der Waals surface area contributed by atoms with Gasteiger partial charge in [0, 0.05) is 22.7 Å². The Bertz CT molecular complexity index is 683. The van der Waals surface area contributed by atoms with Gasteiger partial charge in [-0.3, -0.25) is 4.79 Å². The first-order valence-corrected chi connectivity index (χ1v) is 8.78. The van der Waals surface area contributed by atoms with Crippen LogP contribution >= 0.6 is 12.6 Å². The highest BCUT2D eigenvalue weighted by molar-refractivity contribution is 7.80. The Hall–Kier alpha value is -1.72. The van der Waals surface area contributed by atoms with E-state index in [0.29, 0.717) is 0 Å². The second-order valence-electron chi connectivity index (χ2n) is 6.14. The summed E-state index contributed by atoms with van der Waals surface area (Å²) >= 11 is 4.45. The van der Waals surface area contributed by atoms with E-state index < -0.39 is 5.97 Å². The third kappa shape index (κ3) is 5.14. The lowest BCUT2D eigenvalue weighted by atomic mass is 10.1. The summed E-state index contributed by atoms with van der Waals surface area (Å²) in [5.41, 5.74) is 4.30. The number of carboxylic acids is 1. The average Bonchev–Trinajstić information content (AvgIpc) is 3.19. The van der Waals surface area contributed by atoms with Crippen LogP contribution in [0.5, 0.6) is 0 Å². The van der Waals surface area contributed by atoms with E-state index in [1.54, 1.807) is 0 Å². The monoisotopic (exact) mass is 346 g/mol. The van der Waals surface area contributed by atoms with E-state index in [4.69, 9.17) is 5.11 Å². The highest BCUT2D eigenvalue weighted by Crippen LogP contribution is 2.22. The zero-order chi connectivity index (χ0) is 17.5. The van der Waals surface area contributed by atoms with Crippen molar-refractivity contribution in [2.24, 2.45) is 0 Å². The van der Waals surface area contributed by atoms with Gasteiger partial charge in [-0.1, -0.05) is 18.2 Å². The zero-order valence-electron chi connectivity index (χ0n) is 14.4. The Kier molecular flexibility index (Phi) is 6.94. The number of aryl methyl sites for hydroxylation is 1. The Balaban J connectivity index is 0.000000355. The van der Waals surface area contributed by atoms with Gasteiger partial charge in [-0.2, -0.15) is 0 Å². The summed E-state index contributed by atoms with van der Waals surface area (Å²) in [5, 5.41) is 12.1. The molecule has 0 unspecified atom stereocenters. The van der Waals surface area contributed by atoms with Crippen LogP contribution in [0.4, 0.5) is 0 Å². The van der Waals surface area contributed by atoms with Gasteiger partial charge in [-0.25, -0.2) is 0 Å². The predicted octanol–water partition coefficient (Wildman–Crippen LogP) is 3.44. The number of thiol groups is 1. The third-order valence-electron chi connectivity index (χ3n) is 4.30. The molecule has 1 fully saturated rings. The Labute approximate surface area is 149 Å². The fourth-order valence-corrected chi connectivity index (χ4v) is 3.16. The molecule has 0 radical (unpaired) electrons. The number of rotatable bonds is 4. The van der Waals surface area contributed by atoms with Gasteiger partial charge in [0.15, 0.2) is 0 Å². The number of benzene rings is 1. The summed E-state index contributed by atoms with van der Waals surface area (Å²) in [6.07, 6.45) is 3.55. The van der Waals surface area contributed by atoms with Crippen molar-refractivity contribution in [3.8, 4) is 0 Å². The number of carboxylic acid groups (broad SMARTS) is 1. The van der Waals surface area contributed by atoms with Crippen molar-refractivity contribution in [1.29, 1.82) is 0 Å². The lowest BCUT2D eigenvalue weighted by Crippen LogP contribution is -2.11. The Morgan fingerprint density at radius 1 is 1.21 bits per heavy atom. The van der Waals surface area contributed by atoms with Crippen molar-refractivity contribution < 1.29 is 9.90 Å². The van der Waals surface area contributed by atoms with E-state index in [-0.39, 0.29) is 6.54 Å². The van der Waals surface area contributed by atoms with Crippen LogP contribution in [0.25, 0.3) is 0 Å². The van der Waals surface area contributed by atoms with Crippen LogP contribution in [0.2, 0.25) is 0 Å². The van der Waals surface area contributed by atoms with Crippen molar-refractivity contribution >= 4 is 18.6 Å². The van der Waals surface area contributed by atoms with Crippen LogP contribution in [0.15, 0.2) is 35.2 Å². The second-order valence-corrected chi connectivity index (χ2v) is 6.62. The highest BCUT2D eigenvalue weighted by atomic mass is 32.1. The van der Waals surface area contributed by atoms with Crippen LogP contribution in [-0.2, 0) is 17.8 Å². The van der Waals surface area contributed by atoms with Crippen LogP contribution in [0.1, 0.15) is 35.4 Å². The second kappa shape index (κ2) is 8.94. The number of nitrogens with zero attached hydrogens (tertiary/aromatic N) is 1. The minimum atomic E-state index is -0.817. The van der Waals surface area contributed by atoms with Crippen molar-refractivity contribution in [2.75, 3.05) is 13.1 Å². The number of hydrogen-bond acceptors (Lipinski definition) is 3. The summed E-state index contributed by atoms with van der Waals surface area (Å²) in [5.74, 6) is -0.817. The van der Waals surface area contributed by atoms with E-state index in [2.05, 4.69) is 24.0 Å². The molecular weight excluding hydrogens is 320 g/mol. The molecule has 3 rings (SSSR count). The minimum absolute atomic E-state index is 0.0141. The van der Waals surface area contributed by atoms with Gasteiger partial charge in [0.1, 0.15) is 6.54 Å². The molecule has 0 atom stereocenters. The van der Waals surface area contributed by atoms with Crippen LogP contribution in [-0.4, -0.2) is 28.7 Å². The van der Waals surface area contributed by atoms with E-state index in [1.807, 2.05) is 42.7 Å². The first kappa shape index (κ1) is 18.6. The molecule has 5 heteroatoms. The molecule has 2 N–H and O–H groups in total. The highest BCUT2D eigenvalue weighted by Gasteiger charge is 2.12. The SMILES string of the molecule is C1CCNC1.Cc1cc(Cc2ccccc2S)c(C)n1CC(=O)O. The van der Waals surface area contributed by atoms with E-state index in [0.717, 1.165) is 33.8 Å². The predicted molar refractivity (Wildman–Crippen MR) is 100 cm³/mol. The van der Waals surface area contributed by atoms with E-state index >= 15 is 0 Å². The molecule has 0 bridgehead atoms. The summed E-state index contributed by atoms with van der Waals surface area (Å²) in [6, 6.07) is 10.0. The maximum atomic E-state index is 10.9. The maximum Gasteiger partial charge on any atom is 0.323 e. The number of aromatic nitrogens is 1. The minimum Gasteiger partial charge on any atom is -0.480 e. The lowest BCUT2D eigenvalue weighted by molar-refractivity contribution is -0.137. The third-order valence-corrected chi connectivity index (χ3v) is 4.74. The normalized spacial score (nSPS) is 13.5. The van der Waals surface area contributed by atoms with Gasteiger partial charge in [0.25, 0.3) is 0 Å². The molecule has 0 aliphatic carbocycles. The molecule has 1 aromatic carbocycles. The first-order chi connectivity index (χ1) is 11.5. The average molecular weight is 346 g/mol. The molecule has 1 aliphatic rings. The van der Waals surface area contributed by atoms with Crippen molar-refractivity contribution in [2.45, 2.75) is 44.6 Å². The topological polar surface area (TPSA) is 54.3 Å². The van der Waals surface area contributed by atoms with Gasteiger partial charge >= 0.3 is 5.97 Å². The molecule has 0 spiro atoms. The van der Waals surface area contributed by atoms with Crippen LogP contribution < -0.4 is 5.32 Å². The molecule has 1 saturated heterocycles. The molecule has 2 aromatic rings. The van der Waals surface area contributed by atoms with E-state index in [1.165, 1.54) is 25.9 Å². The fourth-order valence-electron chi connectivity index (χ4n) is 2.92. The molecule has 2 heterocycles. The quantitative estimate of drug-likeness (QED) is 0.744. The molecular formula is C19H26N2O2S. The summed E-state index contributed by atoms with van der Waals surface area (Å²) in [7, 11) is 0. The summed E-state index contributed by atoms with van der Waals surface area (Å²) in [6.45, 7) is 6.42. The smallest absolute Gasteiger partial charge is 0.323 e. The largest absolute Gasteiger partial charge is 0.480 e. The molecule has 1 aliphatic heterocycles. The number of nitrogens with one attached hydrogen (secondary N) is 1. The Morgan fingerprint density at radius 3 is 2.42 bits per heavy atom. The molecule has 0 amide bonds. The molecule has 4 nitrogen and oxygen atoms in total. The van der Waals surface area contributed by atoms with Crippen LogP contribution in [0.3, 0.4) is 0 Å².